The van der Waals surface area contributed by atoms with Crippen molar-refractivity contribution in [3.8, 4) is 0 Å². The van der Waals surface area contributed by atoms with Crippen molar-refractivity contribution < 1.29 is 28.7 Å². The third-order valence-electron chi connectivity index (χ3n) is 4.25. The van der Waals surface area contributed by atoms with Crippen molar-refractivity contribution in [1.82, 2.24) is 15.5 Å². The van der Waals surface area contributed by atoms with Crippen molar-refractivity contribution >= 4 is 24.0 Å². The van der Waals surface area contributed by atoms with Crippen LogP contribution in [0.4, 0.5) is 9.59 Å². The van der Waals surface area contributed by atoms with Crippen LogP contribution in [0.3, 0.4) is 0 Å². The van der Waals surface area contributed by atoms with E-state index in [1.165, 1.54) is 7.05 Å². The Balaban J connectivity index is 2.88. The standard InChI is InChI=1S/C22H34N4O6/c1-22(2,3)32-21(30)26(17(19(28)24-4)12-8-9-13-23)18(27)14-25-20(29)31-15-16-10-6-5-7-11-16/h5-7,10-11,17H,8-9,12-15,23H2,1-4H3,(H,24,28)(H,25,29)/t17-/m0/s1. The number of amides is 4. The fourth-order valence-electron chi connectivity index (χ4n) is 2.75. The number of carbonyl (C=O) groups excluding carboxylic acids is 4. The zero-order valence-corrected chi connectivity index (χ0v) is 19.2. The number of benzene rings is 1. The number of likely N-dealkylation sites (N-methyl/N-ethyl adjacent to an activating group) is 1. The SMILES string of the molecule is CNC(=O)[C@H](CCCCN)N(C(=O)CNC(=O)OCc1ccccc1)C(=O)OC(C)(C)C. The lowest BCUT2D eigenvalue weighted by Gasteiger charge is -2.31. The Kier molecular flexibility index (Phi) is 11.2. The van der Waals surface area contributed by atoms with Crippen LogP contribution < -0.4 is 16.4 Å². The summed E-state index contributed by atoms with van der Waals surface area (Å²) in [7, 11) is 1.41. The molecule has 32 heavy (non-hydrogen) atoms. The number of nitrogens with one attached hydrogen (secondary N) is 2. The molecule has 0 radical (unpaired) electrons. The first kappa shape index (κ1) is 26.9. The van der Waals surface area contributed by atoms with Gasteiger partial charge in [-0.3, -0.25) is 9.59 Å². The second kappa shape index (κ2) is 13.3. The van der Waals surface area contributed by atoms with Crippen LogP contribution in [0.1, 0.15) is 45.6 Å². The molecule has 178 valence electrons. The van der Waals surface area contributed by atoms with Crippen LogP contribution in [0.5, 0.6) is 0 Å². The molecule has 1 aromatic rings. The topological polar surface area (TPSA) is 140 Å². The summed E-state index contributed by atoms with van der Waals surface area (Å²) in [6.07, 6.45) is -0.448. The monoisotopic (exact) mass is 450 g/mol. The number of carbonyl (C=O) groups is 4. The fraction of sp³-hybridized carbons (Fsp3) is 0.545. The molecule has 0 aromatic heterocycles. The lowest BCUT2D eigenvalue weighted by Crippen LogP contribution is -2.55. The molecule has 0 saturated heterocycles. The molecule has 0 saturated carbocycles. The van der Waals surface area contributed by atoms with Crippen molar-refractivity contribution in [2.24, 2.45) is 5.73 Å². The molecule has 1 atom stereocenters. The Bertz CT molecular complexity index is 763. The Morgan fingerprint density at radius 1 is 1.09 bits per heavy atom. The van der Waals surface area contributed by atoms with Crippen LogP contribution in [-0.4, -0.2) is 60.7 Å². The van der Waals surface area contributed by atoms with Gasteiger partial charge in [-0.25, -0.2) is 14.5 Å². The van der Waals surface area contributed by atoms with Gasteiger partial charge in [-0.05, 0) is 52.1 Å². The van der Waals surface area contributed by atoms with Crippen molar-refractivity contribution in [3.63, 3.8) is 0 Å². The highest BCUT2D eigenvalue weighted by Crippen LogP contribution is 2.16. The quantitative estimate of drug-likeness (QED) is 0.463. The summed E-state index contributed by atoms with van der Waals surface area (Å²) in [6, 6.07) is 7.93. The summed E-state index contributed by atoms with van der Waals surface area (Å²) in [4.78, 5) is 50.9. The molecule has 1 rings (SSSR count). The van der Waals surface area contributed by atoms with Gasteiger partial charge < -0.3 is 25.8 Å². The Morgan fingerprint density at radius 2 is 1.75 bits per heavy atom. The van der Waals surface area contributed by atoms with Crippen LogP contribution in [0.15, 0.2) is 30.3 Å². The van der Waals surface area contributed by atoms with Crippen molar-refractivity contribution in [1.29, 1.82) is 0 Å². The first-order valence-electron chi connectivity index (χ1n) is 10.5. The molecule has 0 bridgehead atoms. The van der Waals surface area contributed by atoms with Crippen LogP contribution in [0.2, 0.25) is 0 Å². The molecule has 10 heteroatoms. The maximum Gasteiger partial charge on any atom is 0.417 e. The van der Waals surface area contributed by atoms with E-state index in [2.05, 4.69) is 10.6 Å². The van der Waals surface area contributed by atoms with E-state index in [9.17, 15) is 19.2 Å². The highest BCUT2D eigenvalue weighted by atomic mass is 16.6. The van der Waals surface area contributed by atoms with Crippen LogP contribution >= 0.6 is 0 Å². The number of rotatable bonds is 10. The number of unbranched alkanes of at least 4 members (excludes halogenated alkanes) is 1. The lowest BCUT2D eigenvalue weighted by molar-refractivity contribution is -0.139. The van der Waals surface area contributed by atoms with E-state index in [1.807, 2.05) is 18.2 Å². The van der Waals surface area contributed by atoms with Crippen LogP contribution in [0, 0.1) is 0 Å². The second-order valence-electron chi connectivity index (χ2n) is 8.07. The van der Waals surface area contributed by atoms with Gasteiger partial charge in [0.05, 0.1) is 0 Å². The molecule has 0 heterocycles. The summed E-state index contributed by atoms with van der Waals surface area (Å²) >= 11 is 0. The minimum Gasteiger partial charge on any atom is -0.445 e. The number of imide groups is 1. The first-order chi connectivity index (χ1) is 15.1. The molecule has 4 N–H and O–H groups in total. The summed E-state index contributed by atoms with van der Waals surface area (Å²) in [6.45, 7) is 4.84. The minimum absolute atomic E-state index is 0.0244. The number of ether oxygens (including phenoxy) is 2. The fourth-order valence-corrected chi connectivity index (χ4v) is 2.75. The third-order valence-corrected chi connectivity index (χ3v) is 4.25. The average Bonchev–Trinajstić information content (AvgIpc) is 2.74. The Hall–Kier alpha value is -3.14. The van der Waals surface area contributed by atoms with E-state index in [-0.39, 0.29) is 13.0 Å². The van der Waals surface area contributed by atoms with Crippen molar-refractivity contribution in [2.45, 2.75) is 58.3 Å². The number of hydrogen-bond acceptors (Lipinski definition) is 7. The molecule has 0 spiro atoms. The molecule has 4 amide bonds. The molecule has 0 aliphatic heterocycles. The van der Waals surface area contributed by atoms with Crippen LogP contribution in [0.25, 0.3) is 0 Å². The first-order valence-corrected chi connectivity index (χ1v) is 10.5. The number of nitrogens with zero attached hydrogens (tertiary/aromatic N) is 1. The third kappa shape index (κ3) is 9.78. The van der Waals surface area contributed by atoms with E-state index in [4.69, 9.17) is 15.2 Å². The molecule has 0 fully saturated rings. The number of hydrogen-bond donors (Lipinski definition) is 3. The lowest BCUT2D eigenvalue weighted by atomic mass is 10.1. The summed E-state index contributed by atoms with van der Waals surface area (Å²) in [5.74, 6) is -1.31. The van der Waals surface area contributed by atoms with Gasteiger partial charge >= 0.3 is 12.2 Å². The summed E-state index contributed by atoms with van der Waals surface area (Å²) in [5, 5.41) is 4.78. The largest absolute Gasteiger partial charge is 0.445 e. The minimum atomic E-state index is -1.10. The van der Waals surface area contributed by atoms with Gasteiger partial charge in [-0.2, -0.15) is 0 Å². The number of alkyl carbamates (subject to hydrolysis) is 1. The van der Waals surface area contributed by atoms with Gasteiger partial charge in [-0.1, -0.05) is 30.3 Å². The van der Waals surface area contributed by atoms with E-state index < -0.39 is 42.2 Å². The molecule has 1 aromatic carbocycles. The van der Waals surface area contributed by atoms with Gasteiger partial charge in [0.2, 0.25) is 5.91 Å². The molecular weight excluding hydrogens is 416 g/mol. The van der Waals surface area contributed by atoms with Gasteiger partial charge in [0.25, 0.3) is 5.91 Å². The highest BCUT2D eigenvalue weighted by Gasteiger charge is 2.37. The van der Waals surface area contributed by atoms with E-state index in [0.717, 1.165) is 10.5 Å². The smallest absolute Gasteiger partial charge is 0.417 e. The zero-order valence-electron chi connectivity index (χ0n) is 19.2. The average molecular weight is 451 g/mol. The zero-order chi connectivity index (χ0) is 24.1. The van der Waals surface area contributed by atoms with Gasteiger partial charge in [0, 0.05) is 7.05 Å². The van der Waals surface area contributed by atoms with Gasteiger partial charge in [0.15, 0.2) is 0 Å². The van der Waals surface area contributed by atoms with Gasteiger partial charge in [0.1, 0.15) is 24.8 Å². The Labute approximate surface area is 188 Å². The molecule has 0 unspecified atom stereocenters. The Morgan fingerprint density at radius 3 is 2.31 bits per heavy atom. The second-order valence-corrected chi connectivity index (χ2v) is 8.07. The molecule has 10 nitrogen and oxygen atoms in total. The molecule has 0 aliphatic carbocycles. The summed E-state index contributed by atoms with van der Waals surface area (Å²) in [5.41, 5.74) is 5.41. The van der Waals surface area contributed by atoms with Crippen molar-refractivity contribution in [3.05, 3.63) is 35.9 Å². The van der Waals surface area contributed by atoms with Gasteiger partial charge in [-0.15, -0.1) is 0 Å². The predicted octanol–water partition coefficient (Wildman–Crippen LogP) is 1.92. The summed E-state index contributed by atoms with van der Waals surface area (Å²) < 4.78 is 10.4. The molecule has 0 aliphatic rings. The normalized spacial score (nSPS) is 11.8. The van der Waals surface area contributed by atoms with E-state index >= 15 is 0 Å². The maximum absolute atomic E-state index is 12.9. The number of nitrogens with two attached hydrogens (primary N) is 1. The highest BCUT2D eigenvalue weighted by molar-refractivity contribution is 5.99. The van der Waals surface area contributed by atoms with Crippen LogP contribution in [-0.2, 0) is 25.7 Å². The van der Waals surface area contributed by atoms with Crippen molar-refractivity contribution in [2.75, 3.05) is 20.1 Å². The maximum atomic E-state index is 12.9. The van der Waals surface area contributed by atoms with E-state index in [1.54, 1.807) is 32.9 Å². The molecular formula is C22H34N4O6. The van der Waals surface area contributed by atoms with E-state index in [0.29, 0.717) is 19.4 Å². The predicted molar refractivity (Wildman–Crippen MR) is 118 cm³/mol.